The standard InChI is InChI=1S/C18H31N/c1-7-9-19-17(12-13(3)8-2)18-15(5)10-14(4)11-16(18)6/h10-11,13,17,19H,7-9,12H2,1-6H3. The Kier molecular flexibility index (Phi) is 6.57. The van der Waals surface area contributed by atoms with Crippen molar-refractivity contribution in [2.45, 2.75) is 66.8 Å². The maximum absolute atomic E-state index is 3.75. The number of hydrogen-bond acceptors (Lipinski definition) is 1. The maximum Gasteiger partial charge on any atom is 0.0328 e. The summed E-state index contributed by atoms with van der Waals surface area (Å²) < 4.78 is 0. The Bertz CT molecular complexity index is 372. The molecular weight excluding hydrogens is 230 g/mol. The maximum atomic E-state index is 3.75. The highest BCUT2D eigenvalue weighted by Gasteiger charge is 2.18. The molecule has 1 heteroatoms. The summed E-state index contributed by atoms with van der Waals surface area (Å²) in [6, 6.07) is 5.15. The number of hydrogen-bond donors (Lipinski definition) is 1. The SMILES string of the molecule is CCCNC(CC(C)CC)c1c(C)cc(C)cc1C. The molecule has 1 rings (SSSR count). The fourth-order valence-electron chi connectivity index (χ4n) is 2.93. The van der Waals surface area contributed by atoms with E-state index in [1.165, 1.54) is 41.5 Å². The lowest BCUT2D eigenvalue weighted by atomic mass is 9.88. The molecule has 0 saturated heterocycles. The number of aryl methyl sites for hydroxylation is 3. The molecule has 108 valence electrons. The zero-order chi connectivity index (χ0) is 14.4. The number of benzene rings is 1. The van der Waals surface area contributed by atoms with E-state index in [1.807, 2.05) is 0 Å². The van der Waals surface area contributed by atoms with E-state index in [0.29, 0.717) is 6.04 Å². The van der Waals surface area contributed by atoms with E-state index < -0.39 is 0 Å². The summed E-state index contributed by atoms with van der Waals surface area (Å²) >= 11 is 0. The molecule has 0 amide bonds. The Balaban J connectivity index is 3.02. The monoisotopic (exact) mass is 261 g/mol. The second kappa shape index (κ2) is 7.69. The van der Waals surface area contributed by atoms with Gasteiger partial charge in [0.1, 0.15) is 0 Å². The minimum atomic E-state index is 0.510. The van der Waals surface area contributed by atoms with Gasteiger partial charge in [-0.25, -0.2) is 0 Å². The fraction of sp³-hybridized carbons (Fsp3) is 0.667. The van der Waals surface area contributed by atoms with Crippen molar-refractivity contribution in [3.8, 4) is 0 Å². The molecule has 1 aromatic carbocycles. The molecule has 19 heavy (non-hydrogen) atoms. The lowest BCUT2D eigenvalue weighted by molar-refractivity contribution is 0.400. The van der Waals surface area contributed by atoms with Crippen molar-refractivity contribution in [1.82, 2.24) is 5.32 Å². The van der Waals surface area contributed by atoms with Crippen LogP contribution in [0.25, 0.3) is 0 Å². The molecule has 1 nitrogen and oxygen atoms in total. The van der Waals surface area contributed by atoms with Gasteiger partial charge in [0.05, 0.1) is 0 Å². The first-order valence-electron chi connectivity index (χ1n) is 7.80. The van der Waals surface area contributed by atoms with Gasteiger partial charge in [-0.3, -0.25) is 0 Å². The van der Waals surface area contributed by atoms with Crippen molar-refractivity contribution >= 4 is 0 Å². The predicted molar refractivity (Wildman–Crippen MR) is 85.8 cm³/mol. The Morgan fingerprint density at radius 1 is 1.05 bits per heavy atom. The van der Waals surface area contributed by atoms with Crippen LogP contribution in [0.2, 0.25) is 0 Å². The van der Waals surface area contributed by atoms with Crippen molar-refractivity contribution in [1.29, 1.82) is 0 Å². The van der Waals surface area contributed by atoms with Gasteiger partial charge in [0, 0.05) is 6.04 Å². The summed E-state index contributed by atoms with van der Waals surface area (Å²) in [7, 11) is 0. The van der Waals surface area contributed by atoms with Crippen LogP contribution in [-0.2, 0) is 0 Å². The first kappa shape index (κ1) is 16.2. The summed E-state index contributed by atoms with van der Waals surface area (Å²) in [5.74, 6) is 0.773. The second-order valence-corrected chi connectivity index (χ2v) is 6.07. The van der Waals surface area contributed by atoms with E-state index in [4.69, 9.17) is 0 Å². The average molecular weight is 261 g/mol. The predicted octanol–water partition coefficient (Wildman–Crippen LogP) is 5.09. The van der Waals surface area contributed by atoms with Crippen molar-refractivity contribution < 1.29 is 0 Å². The van der Waals surface area contributed by atoms with Crippen LogP contribution in [0.5, 0.6) is 0 Å². The smallest absolute Gasteiger partial charge is 0.0328 e. The van der Waals surface area contributed by atoms with Gasteiger partial charge in [-0.05, 0) is 62.8 Å². The second-order valence-electron chi connectivity index (χ2n) is 6.07. The molecule has 0 heterocycles. The minimum absolute atomic E-state index is 0.510. The average Bonchev–Trinajstić information content (AvgIpc) is 2.34. The summed E-state index contributed by atoms with van der Waals surface area (Å²) in [6.45, 7) is 14.7. The molecule has 0 aliphatic carbocycles. The molecule has 1 aromatic rings. The molecule has 0 aliphatic rings. The zero-order valence-electron chi connectivity index (χ0n) is 13.6. The zero-order valence-corrected chi connectivity index (χ0v) is 13.6. The van der Waals surface area contributed by atoms with E-state index in [0.717, 1.165) is 12.5 Å². The van der Waals surface area contributed by atoms with E-state index >= 15 is 0 Å². The van der Waals surface area contributed by atoms with Gasteiger partial charge in [0.15, 0.2) is 0 Å². The molecule has 0 bridgehead atoms. The van der Waals surface area contributed by atoms with Crippen LogP contribution in [-0.4, -0.2) is 6.54 Å². The Morgan fingerprint density at radius 3 is 2.11 bits per heavy atom. The molecule has 0 aliphatic heterocycles. The number of rotatable bonds is 7. The highest BCUT2D eigenvalue weighted by Crippen LogP contribution is 2.29. The molecule has 0 fully saturated rings. The van der Waals surface area contributed by atoms with Gasteiger partial charge in [0.2, 0.25) is 0 Å². The Labute approximate surface area is 119 Å². The first-order chi connectivity index (χ1) is 8.99. The van der Waals surface area contributed by atoms with Gasteiger partial charge in [0.25, 0.3) is 0 Å². The van der Waals surface area contributed by atoms with E-state index in [9.17, 15) is 0 Å². The highest BCUT2D eigenvalue weighted by atomic mass is 14.9. The number of nitrogens with one attached hydrogen (secondary N) is 1. The van der Waals surface area contributed by atoms with Crippen LogP contribution < -0.4 is 5.32 Å². The van der Waals surface area contributed by atoms with Gasteiger partial charge >= 0.3 is 0 Å². The van der Waals surface area contributed by atoms with Crippen molar-refractivity contribution in [2.24, 2.45) is 5.92 Å². The normalized spacial score (nSPS) is 14.4. The molecule has 2 unspecified atom stereocenters. The van der Waals surface area contributed by atoms with Crippen LogP contribution in [0.15, 0.2) is 12.1 Å². The third-order valence-electron chi connectivity index (χ3n) is 4.06. The summed E-state index contributed by atoms with van der Waals surface area (Å²) in [6.07, 6.45) is 3.69. The lowest BCUT2D eigenvalue weighted by Gasteiger charge is -2.26. The fourth-order valence-corrected chi connectivity index (χ4v) is 2.93. The van der Waals surface area contributed by atoms with Crippen LogP contribution >= 0.6 is 0 Å². The molecule has 0 radical (unpaired) electrons. The van der Waals surface area contributed by atoms with Gasteiger partial charge in [-0.2, -0.15) is 0 Å². The Morgan fingerprint density at radius 2 is 1.63 bits per heavy atom. The molecule has 2 atom stereocenters. The Hall–Kier alpha value is -0.820. The van der Waals surface area contributed by atoms with E-state index in [-0.39, 0.29) is 0 Å². The molecule has 0 aromatic heterocycles. The first-order valence-corrected chi connectivity index (χ1v) is 7.80. The van der Waals surface area contributed by atoms with Crippen LogP contribution in [0.3, 0.4) is 0 Å². The summed E-state index contributed by atoms with van der Waals surface area (Å²) in [5, 5.41) is 3.75. The van der Waals surface area contributed by atoms with Crippen molar-refractivity contribution in [2.75, 3.05) is 6.54 Å². The molecule has 0 saturated carbocycles. The summed E-state index contributed by atoms with van der Waals surface area (Å²) in [4.78, 5) is 0. The minimum Gasteiger partial charge on any atom is -0.310 e. The van der Waals surface area contributed by atoms with E-state index in [2.05, 4.69) is 59.0 Å². The van der Waals surface area contributed by atoms with Gasteiger partial charge in [-0.15, -0.1) is 0 Å². The summed E-state index contributed by atoms with van der Waals surface area (Å²) in [5.41, 5.74) is 5.78. The molecular formula is C18H31N. The van der Waals surface area contributed by atoms with Crippen LogP contribution in [0.4, 0.5) is 0 Å². The van der Waals surface area contributed by atoms with Crippen LogP contribution in [0, 0.1) is 26.7 Å². The van der Waals surface area contributed by atoms with E-state index in [1.54, 1.807) is 0 Å². The topological polar surface area (TPSA) is 12.0 Å². The lowest BCUT2D eigenvalue weighted by Crippen LogP contribution is -2.25. The van der Waals surface area contributed by atoms with Crippen molar-refractivity contribution in [3.05, 3.63) is 34.4 Å². The van der Waals surface area contributed by atoms with Crippen LogP contribution in [0.1, 0.15) is 68.3 Å². The van der Waals surface area contributed by atoms with Crippen molar-refractivity contribution in [3.63, 3.8) is 0 Å². The third-order valence-corrected chi connectivity index (χ3v) is 4.06. The molecule has 1 N–H and O–H groups in total. The third kappa shape index (κ3) is 4.65. The quantitative estimate of drug-likeness (QED) is 0.721. The largest absolute Gasteiger partial charge is 0.310 e. The highest BCUT2D eigenvalue weighted by molar-refractivity contribution is 5.39. The van der Waals surface area contributed by atoms with Gasteiger partial charge < -0.3 is 5.32 Å². The van der Waals surface area contributed by atoms with Gasteiger partial charge in [-0.1, -0.05) is 44.9 Å². The molecule has 0 spiro atoms.